The number of ether oxygens (including phenoxy) is 1. The summed E-state index contributed by atoms with van der Waals surface area (Å²) in [6.45, 7) is 3.86. The third kappa shape index (κ3) is 5.04. The lowest BCUT2D eigenvalue weighted by Gasteiger charge is -2.28. The van der Waals surface area contributed by atoms with Gasteiger partial charge in [0.1, 0.15) is 0 Å². The molecule has 0 saturated carbocycles. The Morgan fingerprint density at radius 2 is 1.64 bits per heavy atom. The molecule has 6 heteroatoms. The number of morpholine rings is 1. The first-order valence-corrected chi connectivity index (χ1v) is 10.1. The predicted molar refractivity (Wildman–Crippen MR) is 99.4 cm³/mol. The van der Waals surface area contributed by atoms with Crippen LogP contribution in [0, 0.1) is 0 Å². The molecule has 0 amide bonds. The first-order chi connectivity index (χ1) is 12.1. The number of nitrogens with zero attached hydrogens (tertiary/aromatic N) is 1. The molecule has 25 heavy (non-hydrogen) atoms. The van der Waals surface area contributed by atoms with E-state index in [2.05, 4.69) is 33.9 Å². The van der Waals surface area contributed by atoms with Crippen LogP contribution in [0.5, 0.6) is 0 Å². The molecule has 2 aromatic carbocycles. The number of hydrogen-bond acceptors (Lipinski definition) is 4. The summed E-state index contributed by atoms with van der Waals surface area (Å²) in [5.41, 5.74) is 2.44. The van der Waals surface area contributed by atoms with E-state index < -0.39 is 10.0 Å². The molecule has 0 aromatic heterocycles. The van der Waals surface area contributed by atoms with Crippen LogP contribution < -0.4 is 9.62 Å². The molecule has 1 aliphatic rings. The van der Waals surface area contributed by atoms with Crippen LogP contribution in [0.1, 0.15) is 12.0 Å². The topological polar surface area (TPSA) is 58.6 Å². The fourth-order valence-corrected chi connectivity index (χ4v) is 3.97. The molecule has 1 N–H and O–H groups in total. The van der Waals surface area contributed by atoms with Crippen LogP contribution in [0.2, 0.25) is 0 Å². The van der Waals surface area contributed by atoms with Crippen LogP contribution in [0.4, 0.5) is 5.69 Å². The van der Waals surface area contributed by atoms with E-state index in [1.54, 1.807) is 30.3 Å². The Morgan fingerprint density at radius 1 is 0.960 bits per heavy atom. The third-order valence-corrected chi connectivity index (χ3v) is 5.78. The van der Waals surface area contributed by atoms with Gasteiger partial charge in [-0.25, -0.2) is 13.1 Å². The summed E-state index contributed by atoms with van der Waals surface area (Å²) in [6.07, 6.45) is 1.61. The Bertz CT molecular complexity index is 755. The van der Waals surface area contributed by atoms with Gasteiger partial charge >= 0.3 is 0 Å². The van der Waals surface area contributed by atoms with Gasteiger partial charge in [0.15, 0.2) is 0 Å². The standard InChI is InChI=1S/C19H24N2O3S/c22-25(23,19-6-2-1-3-7-19)20-12-4-5-17-8-10-18(11-9-17)21-13-15-24-16-14-21/h1-3,6-11,20H,4-5,12-16H2. The Hall–Kier alpha value is -1.89. The number of hydrogen-bond donors (Lipinski definition) is 1. The molecule has 0 bridgehead atoms. The Kier molecular flexibility index (Phi) is 6.07. The van der Waals surface area contributed by atoms with Crippen molar-refractivity contribution >= 4 is 15.7 Å². The van der Waals surface area contributed by atoms with Crippen molar-refractivity contribution in [3.8, 4) is 0 Å². The lowest BCUT2D eigenvalue weighted by atomic mass is 10.1. The summed E-state index contributed by atoms with van der Waals surface area (Å²) < 4.78 is 32.3. The van der Waals surface area contributed by atoms with E-state index in [0.29, 0.717) is 11.4 Å². The lowest BCUT2D eigenvalue weighted by molar-refractivity contribution is 0.122. The van der Waals surface area contributed by atoms with Gasteiger partial charge < -0.3 is 9.64 Å². The van der Waals surface area contributed by atoms with E-state index in [0.717, 1.165) is 39.1 Å². The minimum absolute atomic E-state index is 0.310. The van der Waals surface area contributed by atoms with Crippen LogP contribution in [0.3, 0.4) is 0 Å². The summed E-state index contributed by atoms with van der Waals surface area (Å²) in [4.78, 5) is 2.63. The monoisotopic (exact) mass is 360 g/mol. The van der Waals surface area contributed by atoms with Gasteiger partial charge in [0, 0.05) is 25.3 Å². The number of aryl methyl sites for hydroxylation is 1. The van der Waals surface area contributed by atoms with E-state index in [9.17, 15) is 8.42 Å². The van der Waals surface area contributed by atoms with Crippen molar-refractivity contribution in [3.05, 3.63) is 60.2 Å². The Morgan fingerprint density at radius 3 is 2.32 bits per heavy atom. The van der Waals surface area contributed by atoms with E-state index in [1.165, 1.54) is 11.3 Å². The van der Waals surface area contributed by atoms with Crippen LogP contribution in [-0.2, 0) is 21.2 Å². The van der Waals surface area contributed by atoms with Crippen LogP contribution >= 0.6 is 0 Å². The summed E-state index contributed by atoms with van der Waals surface area (Å²) in [5.74, 6) is 0. The zero-order valence-electron chi connectivity index (χ0n) is 14.2. The molecule has 1 heterocycles. The molecule has 5 nitrogen and oxygen atoms in total. The molecule has 0 radical (unpaired) electrons. The minimum Gasteiger partial charge on any atom is -0.378 e. The molecule has 0 atom stereocenters. The van der Waals surface area contributed by atoms with Gasteiger partial charge in [-0.3, -0.25) is 0 Å². The second kappa shape index (κ2) is 8.47. The van der Waals surface area contributed by atoms with Gasteiger partial charge in [0.25, 0.3) is 0 Å². The van der Waals surface area contributed by atoms with Crippen LogP contribution in [0.25, 0.3) is 0 Å². The van der Waals surface area contributed by atoms with Crippen molar-refractivity contribution < 1.29 is 13.2 Å². The number of sulfonamides is 1. The lowest BCUT2D eigenvalue weighted by Crippen LogP contribution is -2.36. The average molecular weight is 360 g/mol. The fraction of sp³-hybridized carbons (Fsp3) is 0.368. The third-order valence-electron chi connectivity index (χ3n) is 4.30. The highest BCUT2D eigenvalue weighted by Gasteiger charge is 2.12. The predicted octanol–water partition coefficient (Wildman–Crippen LogP) is 2.43. The van der Waals surface area contributed by atoms with Gasteiger partial charge in [-0.05, 0) is 42.7 Å². The first kappa shape index (κ1) is 17.9. The molecule has 1 saturated heterocycles. The zero-order chi connectivity index (χ0) is 17.5. The van der Waals surface area contributed by atoms with Crippen LogP contribution in [0.15, 0.2) is 59.5 Å². The zero-order valence-corrected chi connectivity index (χ0v) is 15.0. The molecular weight excluding hydrogens is 336 g/mol. The number of rotatable bonds is 7. The number of anilines is 1. The Balaban J connectivity index is 1.46. The van der Waals surface area contributed by atoms with Gasteiger partial charge in [-0.15, -0.1) is 0 Å². The largest absolute Gasteiger partial charge is 0.378 e. The summed E-state index contributed by atoms with van der Waals surface area (Å²) >= 11 is 0. The van der Waals surface area contributed by atoms with Crippen molar-refractivity contribution in [2.75, 3.05) is 37.7 Å². The van der Waals surface area contributed by atoms with Gasteiger partial charge in [-0.1, -0.05) is 30.3 Å². The van der Waals surface area contributed by atoms with Crippen molar-refractivity contribution in [3.63, 3.8) is 0 Å². The van der Waals surface area contributed by atoms with Crippen molar-refractivity contribution in [2.45, 2.75) is 17.7 Å². The second-order valence-electron chi connectivity index (χ2n) is 6.08. The molecule has 3 rings (SSSR count). The molecule has 2 aromatic rings. The SMILES string of the molecule is O=S(=O)(NCCCc1ccc(N2CCOCC2)cc1)c1ccccc1. The molecule has 134 valence electrons. The normalized spacial score (nSPS) is 15.3. The molecule has 0 unspecified atom stereocenters. The molecule has 1 fully saturated rings. The van der Waals surface area contributed by atoms with E-state index in [1.807, 2.05) is 0 Å². The van der Waals surface area contributed by atoms with Crippen LogP contribution in [-0.4, -0.2) is 41.3 Å². The minimum atomic E-state index is -3.40. The van der Waals surface area contributed by atoms with Gasteiger partial charge in [0.05, 0.1) is 18.1 Å². The average Bonchev–Trinajstić information content (AvgIpc) is 2.67. The smallest absolute Gasteiger partial charge is 0.240 e. The molecular formula is C19H24N2O3S. The summed E-state index contributed by atoms with van der Waals surface area (Å²) in [6, 6.07) is 17.0. The number of nitrogens with one attached hydrogen (secondary N) is 1. The highest BCUT2D eigenvalue weighted by Crippen LogP contribution is 2.17. The summed E-state index contributed by atoms with van der Waals surface area (Å²) in [7, 11) is -3.40. The quantitative estimate of drug-likeness (QED) is 0.771. The molecule has 1 aliphatic heterocycles. The maximum absolute atomic E-state index is 12.1. The number of benzene rings is 2. The first-order valence-electron chi connectivity index (χ1n) is 8.61. The van der Waals surface area contributed by atoms with Gasteiger partial charge in [0.2, 0.25) is 10.0 Å². The van der Waals surface area contributed by atoms with E-state index in [-0.39, 0.29) is 0 Å². The van der Waals surface area contributed by atoms with Gasteiger partial charge in [-0.2, -0.15) is 0 Å². The maximum atomic E-state index is 12.1. The molecule has 0 aliphatic carbocycles. The van der Waals surface area contributed by atoms with Crippen molar-refractivity contribution in [1.29, 1.82) is 0 Å². The highest BCUT2D eigenvalue weighted by molar-refractivity contribution is 7.89. The Labute approximate surface area is 149 Å². The maximum Gasteiger partial charge on any atom is 0.240 e. The van der Waals surface area contributed by atoms with Crippen molar-refractivity contribution in [1.82, 2.24) is 4.72 Å². The van der Waals surface area contributed by atoms with Crippen molar-refractivity contribution in [2.24, 2.45) is 0 Å². The fourth-order valence-electron chi connectivity index (χ4n) is 2.88. The highest BCUT2D eigenvalue weighted by atomic mass is 32.2. The second-order valence-corrected chi connectivity index (χ2v) is 7.85. The van der Waals surface area contributed by atoms with E-state index in [4.69, 9.17) is 4.74 Å². The molecule has 0 spiro atoms. The summed E-state index contributed by atoms with van der Waals surface area (Å²) in [5, 5.41) is 0. The van der Waals surface area contributed by atoms with E-state index >= 15 is 0 Å².